The molecule has 0 N–H and O–H groups in total. The Hall–Kier alpha value is -3.19. The third-order valence-corrected chi connectivity index (χ3v) is 5.78. The lowest BCUT2D eigenvalue weighted by Crippen LogP contribution is -2.22. The molecule has 2 aromatic carbocycles. The van der Waals surface area contributed by atoms with Crippen molar-refractivity contribution >= 4 is 33.0 Å². The van der Waals surface area contributed by atoms with Gasteiger partial charge in [0.1, 0.15) is 11.6 Å². The number of aromatic nitrogens is 3. The molecule has 6 nitrogen and oxygen atoms in total. The quantitative estimate of drug-likeness (QED) is 0.378. The molecular formula is C24H23BrN4O2. The summed E-state index contributed by atoms with van der Waals surface area (Å²) < 4.78 is 9.73. The van der Waals surface area contributed by atoms with Crippen molar-refractivity contribution in [2.75, 3.05) is 7.11 Å². The van der Waals surface area contributed by atoms with Gasteiger partial charge in [0, 0.05) is 39.6 Å². The Bertz CT molecular complexity index is 1370. The van der Waals surface area contributed by atoms with Crippen LogP contribution in [0.25, 0.3) is 16.6 Å². The van der Waals surface area contributed by atoms with Crippen molar-refractivity contribution in [1.29, 1.82) is 0 Å². The molecule has 0 amide bonds. The Morgan fingerprint density at radius 2 is 1.97 bits per heavy atom. The predicted molar refractivity (Wildman–Crippen MR) is 128 cm³/mol. The average molecular weight is 479 g/mol. The standard InChI is InChI=1S/C24H23BrN4O2/c1-5-23-27-22-10-9-18(25)12-21(22)24(30)29(23)26-14-17-11-15(2)28(16(17)3)19-7-6-8-20(13-19)31-4/h6-14H,5H2,1-4H3. The number of halogens is 1. The second kappa shape index (κ2) is 8.51. The molecule has 0 aliphatic rings. The largest absolute Gasteiger partial charge is 0.497 e. The number of fused-ring (bicyclic) bond motifs is 1. The molecule has 2 heterocycles. The van der Waals surface area contributed by atoms with E-state index in [0.29, 0.717) is 23.1 Å². The summed E-state index contributed by atoms with van der Waals surface area (Å²) in [6.07, 6.45) is 2.33. The van der Waals surface area contributed by atoms with Gasteiger partial charge in [0.15, 0.2) is 0 Å². The van der Waals surface area contributed by atoms with Crippen molar-refractivity contribution in [2.45, 2.75) is 27.2 Å². The number of hydrogen-bond donors (Lipinski definition) is 0. The first-order valence-corrected chi connectivity index (χ1v) is 10.8. The Morgan fingerprint density at radius 1 is 1.16 bits per heavy atom. The summed E-state index contributed by atoms with van der Waals surface area (Å²) in [5, 5.41) is 5.07. The maximum atomic E-state index is 13.1. The van der Waals surface area contributed by atoms with Gasteiger partial charge in [0.25, 0.3) is 5.56 Å². The molecule has 0 spiro atoms. The first-order valence-electron chi connectivity index (χ1n) is 10.0. The van der Waals surface area contributed by atoms with E-state index in [4.69, 9.17) is 4.74 Å². The van der Waals surface area contributed by atoms with Gasteiger partial charge in [-0.3, -0.25) is 4.79 Å². The first kappa shape index (κ1) is 21.1. The van der Waals surface area contributed by atoms with Crippen LogP contribution in [0.1, 0.15) is 29.7 Å². The summed E-state index contributed by atoms with van der Waals surface area (Å²) in [4.78, 5) is 17.7. The molecule has 0 bridgehead atoms. The van der Waals surface area contributed by atoms with Gasteiger partial charge >= 0.3 is 0 Å². The van der Waals surface area contributed by atoms with Gasteiger partial charge in [0.05, 0.1) is 24.2 Å². The highest BCUT2D eigenvalue weighted by molar-refractivity contribution is 9.10. The number of hydrogen-bond acceptors (Lipinski definition) is 4. The molecular weight excluding hydrogens is 456 g/mol. The zero-order valence-corrected chi connectivity index (χ0v) is 19.5. The van der Waals surface area contributed by atoms with Gasteiger partial charge in [-0.15, -0.1) is 0 Å². The second-order valence-electron chi connectivity index (χ2n) is 7.27. The summed E-state index contributed by atoms with van der Waals surface area (Å²) in [5.74, 6) is 1.42. The van der Waals surface area contributed by atoms with Crippen molar-refractivity contribution < 1.29 is 4.74 Å². The minimum absolute atomic E-state index is 0.180. The minimum atomic E-state index is -0.180. The Labute approximate surface area is 188 Å². The van der Waals surface area contributed by atoms with Crippen LogP contribution in [0, 0.1) is 13.8 Å². The predicted octanol–water partition coefficient (Wildman–Crippen LogP) is 5.02. The molecule has 0 atom stereocenters. The lowest BCUT2D eigenvalue weighted by molar-refractivity contribution is 0.414. The van der Waals surface area contributed by atoms with E-state index in [1.54, 1.807) is 19.4 Å². The molecule has 0 unspecified atom stereocenters. The van der Waals surface area contributed by atoms with Crippen LogP contribution in [-0.2, 0) is 6.42 Å². The maximum Gasteiger partial charge on any atom is 0.282 e. The van der Waals surface area contributed by atoms with Crippen LogP contribution < -0.4 is 10.3 Å². The lowest BCUT2D eigenvalue weighted by Gasteiger charge is -2.11. The van der Waals surface area contributed by atoms with Crippen LogP contribution in [0.4, 0.5) is 0 Å². The van der Waals surface area contributed by atoms with E-state index in [9.17, 15) is 4.79 Å². The molecule has 7 heteroatoms. The van der Waals surface area contributed by atoms with Crippen molar-refractivity contribution in [2.24, 2.45) is 5.10 Å². The number of benzene rings is 2. The van der Waals surface area contributed by atoms with Crippen LogP contribution >= 0.6 is 15.9 Å². The molecule has 0 aliphatic heterocycles. The van der Waals surface area contributed by atoms with Gasteiger partial charge in [-0.2, -0.15) is 9.78 Å². The minimum Gasteiger partial charge on any atom is -0.497 e. The fourth-order valence-corrected chi connectivity index (χ4v) is 4.09. The van der Waals surface area contributed by atoms with Crippen LogP contribution in [0.5, 0.6) is 5.75 Å². The highest BCUT2D eigenvalue weighted by Gasteiger charge is 2.12. The number of rotatable bonds is 5. The van der Waals surface area contributed by atoms with E-state index < -0.39 is 0 Å². The van der Waals surface area contributed by atoms with Crippen LogP contribution in [0.15, 0.2) is 62.9 Å². The normalized spacial score (nSPS) is 11.5. The summed E-state index contributed by atoms with van der Waals surface area (Å²) in [6, 6.07) is 15.5. The van der Waals surface area contributed by atoms with Crippen molar-refractivity contribution in [3.63, 3.8) is 0 Å². The Kier molecular flexibility index (Phi) is 5.78. The van der Waals surface area contributed by atoms with Gasteiger partial charge in [-0.25, -0.2) is 4.98 Å². The molecule has 2 aromatic heterocycles. The van der Waals surface area contributed by atoms with Crippen LogP contribution in [-0.4, -0.2) is 27.6 Å². The molecule has 4 aromatic rings. The Balaban J connectivity index is 1.80. The number of methoxy groups -OCH3 is 1. The van der Waals surface area contributed by atoms with E-state index in [1.807, 2.05) is 57.2 Å². The van der Waals surface area contributed by atoms with E-state index in [2.05, 4.69) is 36.6 Å². The smallest absolute Gasteiger partial charge is 0.282 e. The summed E-state index contributed by atoms with van der Waals surface area (Å²) in [7, 11) is 1.66. The molecule has 0 fully saturated rings. The molecule has 0 aliphatic carbocycles. The van der Waals surface area contributed by atoms with E-state index >= 15 is 0 Å². The summed E-state index contributed by atoms with van der Waals surface area (Å²) >= 11 is 3.43. The van der Waals surface area contributed by atoms with Gasteiger partial charge in [0.2, 0.25) is 0 Å². The molecule has 4 rings (SSSR count). The van der Waals surface area contributed by atoms with Crippen molar-refractivity contribution in [3.05, 3.63) is 86.1 Å². The number of ether oxygens (including phenoxy) is 1. The van der Waals surface area contributed by atoms with Gasteiger partial charge in [-0.1, -0.05) is 28.9 Å². The average Bonchev–Trinajstić information content (AvgIpc) is 3.06. The fraction of sp³-hybridized carbons (Fsp3) is 0.208. The lowest BCUT2D eigenvalue weighted by atomic mass is 10.2. The van der Waals surface area contributed by atoms with Crippen LogP contribution in [0.2, 0.25) is 0 Å². The fourth-order valence-electron chi connectivity index (χ4n) is 3.73. The van der Waals surface area contributed by atoms with Crippen LogP contribution in [0.3, 0.4) is 0 Å². The van der Waals surface area contributed by atoms with Gasteiger partial charge in [-0.05, 0) is 50.2 Å². The van der Waals surface area contributed by atoms with Gasteiger partial charge < -0.3 is 9.30 Å². The van der Waals surface area contributed by atoms with Crippen molar-refractivity contribution in [3.8, 4) is 11.4 Å². The van der Waals surface area contributed by atoms with E-state index in [0.717, 1.165) is 32.9 Å². The monoisotopic (exact) mass is 478 g/mol. The zero-order chi connectivity index (χ0) is 22.1. The topological polar surface area (TPSA) is 61.4 Å². The molecule has 0 saturated carbocycles. The second-order valence-corrected chi connectivity index (χ2v) is 8.18. The summed E-state index contributed by atoms with van der Waals surface area (Å²) in [5.41, 5.74) is 4.53. The third kappa shape index (κ3) is 3.93. The third-order valence-electron chi connectivity index (χ3n) is 5.29. The zero-order valence-electron chi connectivity index (χ0n) is 17.9. The molecule has 158 valence electrons. The highest BCUT2D eigenvalue weighted by atomic mass is 79.9. The molecule has 31 heavy (non-hydrogen) atoms. The van der Waals surface area contributed by atoms with E-state index in [-0.39, 0.29) is 5.56 Å². The van der Waals surface area contributed by atoms with E-state index in [1.165, 1.54) is 4.68 Å². The maximum absolute atomic E-state index is 13.1. The molecule has 0 radical (unpaired) electrons. The number of nitrogens with zero attached hydrogens (tertiary/aromatic N) is 4. The highest BCUT2D eigenvalue weighted by Crippen LogP contribution is 2.23. The first-order chi connectivity index (χ1) is 14.9. The number of aryl methyl sites for hydroxylation is 2. The SMILES string of the molecule is CCc1nc2ccc(Br)cc2c(=O)n1N=Cc1cc(C)n(-c2cccc(OC)c2)c1C. The van der Waals surface area contributed by atoms with Crippen molar-refractivity contribution in [1.82, 2.24) is 14.2 Å². The summed E-state index contributed by atoms with van der Waals surface area (Å²) in [6.45, 7) is 6.04. The molecule has 0 saturated heterocycles. The Morgan fingerprint density at radius 3 is 2.71 bits per heavy atom.